The van der Waals surface area contributed by atoms with Crippen LogP contribution in [0.1, 0.15) is 43.2 Å². The van der Waals surface area contributed by atoms with Gasteiger partial charge in [0.1, 0.15) is 5.75 Å². The van der Waals surface area contributed by atoms with Gasteiger partial charge in [-0.25, -0.2) is 10.2 Å². The molecule has 0 unspecified atom stereocenters. The van der Waals surface area contributed by atoms with Crippen LogP contribution in [-0.2, 0) is 4.74 Å². The van der Waals surface area contributed by atoms with E-state index in [-0.39, 0.29) is 11.9 Å². The molecule has 0 bridgehead atoms. The van der Waals surface area contributed by atoms with E-state index < -0.39 is 0 Å². The third kappa shape index (κ3) is 4.66. The zero-order valence-electron chi connectivity index (χ0n) is 18.2. The van der Waals surface area contributed by atoms with Gasteiger partial charge in [-0.05, 0) is 68.8 Å². The lowest BCUT2D eigenvalue weighted by atomic mass is 10.1. The van der Waals surface area contributed by atoms with E-state index >= 15 is 0 Å². The van der Waals surface area contributed by atoms with Crippen LogP contribution < -0.4 is 10.2 Å². The molecule has 2 aromatic carbocycles. The van der Waals surface area contributed by atoms with E-state index in [2.05, 4.69) is 15.1 Å². The van der Waals surface area contributed by atoms with Crippen LogP contribution in [0.25, 0.3) is 5.69 Å². The minimum Gasteiger partial charge on any atom is -0.497 e. The van der Waals surface area contributed by atoms with Crippen molar-refractivity contribution in [2.24, 2.45) is 5.10 Å². The quantitative estimate of drug-likeness (QED) is 0.372. The lowest BCUT2D eigenvalue weighted by Crippen LogP contribution is -2.17. The highest BCUT2D eigenvalue weighted by Gasteiger charge is 2.14. The minimum absolute atomic E-state index is 0.321. The Bertz CT molecular complexity index is 1160. The van der Waals surface area contributed by atoms with Crippen molar-refractivity contribution in [3.63, 3.8) is 0 Å². The number of hydrogen-bond acceptors (Lipinski definition) is 5. The van der Waals surface area contributed by atoms with E-state index in [1.165, 1.54) is 7.11 Å². The number of ether oxygens (including phenoxy) is 2. The summed E-state index contributed by atoms with van der Waals surface area (Å²) in [5.74, 6) is -0.0813. The molecule has 0 aliphatic carbocycles. The highest BCUT2D eigenvalue weighted by Crippen LogP contribution is 2.23. The lowest BCUT2D eigenvalue weighted by molar-refractivity contribution is 0.0600. The zero-order valence-corrected chi connectivity index (χ0v) is 18.2. The molecule has 0 radical (unpaired) electrons. The van der Waals surface area contributed by atoms with Crippen molar-refractivity contribution >= 4 is 18.1 Å². The van der Waals surface area contributed by atoms with Gasteiger partial charge in [-0.15, -0.1) is 0 Å². The van der Waals surface area contributed by atoms with Gasteiger partial charge in [-0.2, -0.15) is 5.10 Å². The topological polar surface area (TPSA) is 81.9 Å². The molecule has 7 nitrogen and oxygen atoms in total. The van der Waals surface area contributed by atoms with Gasteiger partial charge in [0.15, 0.2) is 0 Å². The third-order valence-corrected chi connectivity index (χ3v) is 5.03. The van der Waals surface area contributed by atoms with E-state index in [9.17, 15) is 9.59 Å². The molecular weight excluding hydrogens is 394 g/mol. The maximum Gasteiger partial charge on any atom is 0.337 e. The number of hydrogen-bond donors (Lipinski definition) is 1. The molecule has 7 heteroatoms. The molecule has 1 heterocycles. The smallest absolute Gasteiger partial charge is 0.337 e. The Kier molecular flexibility index (Phi) is 6.55. The highest BCUT2D eigenvalue weighted by atomic mass is 16.5. The zero-order chi connectivity index (χ0) is 22.5. The maximum absolute atomic E-state index is 12.3. The number of esters is 1. The summed E-state index contributed by atoms with van der Waals surface area (Å²) in [4.78, 5) is 24.1. The number of aryl methyl sites for hydroxylation is 2. The second-order valence-corrected chi connectivity index (χ2v) is 7.09. The Morgan fingerprint density at radius 1 is 1.00 bits per heavy atom. The second kappa shape index (κ2) is 9.30. The summed E-state index contributed by atoms with van der Waals surface area (Å²) in [7, 11) is 2.92. The summed E-state index contributed by atoms with van der Waals surface area (Å²) in [5.41, 5.74) is 8.27. The Hall–Kier alpha value is -3.87. The number of nitrogens with zero attached hydrogens (tertiary/aromatic N) is 2. The summed E-state index contributed by atoms with van der Waals surface area (Å²) >= 11 is 0. The summed E-state index contributed by atoms with van der Waals surface area (Å²) in [6.07, 6.45) is 1.62. The normalized spacial score (nSPS) is 10.9. The molecule has 0 saturated heterocycles. The summed E-state index contributed by atoms with van der Waals surface area (Å²) < 4.78 is 12.0. The first-order chi connectivity index (χ1) is 14.8. The van der Waals surface area contributed by atoms with Crippen molar-refractivity contribution in [1.82, 2.24) is 9.99 Å². The number of methoxy groups -OCH3 is 2. The van der Waals surface area contributed by atoms with Gasteiger partial charge < -0.3 is 14.0 Å². The Labute approximate surface area is 181 Å². The molecule has 0 fully saturated rings. The summed E-state index contributed by atoms with van der Waals surface area (Å²) in [5, 5.41) is 4.11. The number of hydrazone groups is 1. The molecule has 0 aliphatic heterocycles. The number of benzene rings is 2. The molecule has 0 saturated carbocycles. The fourth-order valence-corrected chi connectivity index (χ4v) is 3.43. The van der Waals surface area contributed by atoms with Crippen molar-refractivity contribution in [2.45, 2.75) is 20.8 Å². The van der Waals surface area contributed by atoms with Gasteiger partial charge in [0.25, 0.3) is 5.91 Å². The molecule has 0 atom stereocenters. The maximum atomic E-state index is 12.3. The number of amides is 1. The van der Waals surface area contributed by atoms with Crippen LogP contribution in [0, 0.1) is 20.8 Å². The molecule has 31 heavy (non-hydrogen) atoms. The number of nitrogens with one attached hydrogen (secondary N) is 1. The van der Waals surface area contributed by atoms with Gasteiger partial charge in [0.2, 0.25) is 0 Å². The van der Waals surface area contributed by atoms with E-state index in [1.807, 2.05) is 39.0 Å². The molecule has 3 aromatic rings. The van der Waals surface area contributed by atoms with Crippen LogP contribution in [0.4, 0.5) is 0 Å². The molecule has 0 spiro atoms. The minimum atomic E-state index is -0.366. The number of rotatable bonds is 6. The van der Waals surface area contributed by atoms with Crippen LogP contribution in [0.5, 0.6) is 5.75 Å². The standard InChI is InChI=1S/C24H25N3O4/c1-15-11-19(24(29)31-5)9-10-22(15)27-16(2)12-20(17(27)3)14-25-26-23(28)18-7-6-8-21(13-18)30-4/h6-14H,1-5H3,(H,26,28)/b25-14-. The fraction of sp³-hybridized carbons (Fsp3) is 0.208. The monoisotopic (exact) mass is 419 g/mol. The predicted molar refractivity (Wildman–Crippen MR) is 119 cm³/mol. The molecule has 1 aromatic heterocycles. The SMILES string of the molecule is COC(=O)c1ccc(-n2c(C)cc(/C=N\NC(=O)c3cccc(OC)c3)c2C)c(C)c1. The first kappa shape index (κ1) is 21.8. The Morgan fingerprint density at radius 3 is 2.45 bits per heavy atom. The molecular formula is C24H25N3O4. The van der Waals surface area contributed by atoms with Gasteiger partial charge in [-0.1, -0.05) is 6.07 Å². The number of aromatic nitrogens is 1. The lowest BCUT2D eigenvalue weighted by Gasteiger charge is -2.13. The van der Waals surface area contributed by atoms with Crippen LogP contribution in [0.3, 0.4) is 0 Å². The molecule has 1 N–H and O–H groups in total. The van der Waals surface area contributed by atoms with Crippen molar-refractivity contribution in [2.75, 3.05) is 14.2 Å². The average Bonchev–Trinajstić information content (AvgIpc) is 3.06. The van der Waals surface area contributed by atoms with E-state index in [0.29, 0.717) is 16.9 Å². The largest absolute Gasteiger partial charge is 0.497 e. The van der Waals surface area contributed by atoms with Crippen molar-refractivity contribution in [3.05, 3.63) is 82.2 Å². The summed E-state index contributed by atoms with van der Waals surface area (Å²) in [6, 6.07) is 14.3. The van der Waals surface area contributed by atoms with Crippen LogP contribution in [-0.4, -0.2) is 36.9 Å². The Morgan fingerprint density at radius 2 is 1.77 bits per heavy atom. The van der Waals surface area contributed by atoms with E-state index in [4.69, 9.17) is 9.47 Å². The van der Waals surface area contributed by atoms with Crippen LogP contribution in [0.2, 0.25) is 0 Å². The fourth-order valence-electron chi connectivity index (χ4n) is 3.43. The van der Waals surface area contributed by atoms with Gasteiger partial charge >= 0.3 is 5.97 Å². The van der Waals surface area contributed by atoms with Crippen LogP contribution in [0.15, 0.2) is 53.6 Å². The predicted octanol–water partition coefficient (Wildman–Crippen LogP) is 3.96. The second-order valence-electron chi connectivity index (χ2n) is 7.09. The van der Waals surface area contributed by atoms with Crippen molar-refractivity contribution < 1.29 is 19.1 Å². The van der Waals surface area contributed by atoms with Crippen molar-refractivity contribution in [1.29, 1.82) is 0 Å². The van der Waals surface area contributed by atoms with Crippen molar-refractivity contribution in [3.8, 4) is 11.4 Å². The summed E-state index contributed by atoms with van der Waals surface area (Å²) in [6.45, 7) is 5.92. The Balaban J connectivity index is 1.81. The first-order valence-electron chi connectivity index (χ1n) is 9.71. The number of carbonyl (C=O) groups is 2. The molecule has 3 rings (SSSR count). The van der Waals surface area contributed by atoms with Crippen LogP contribution >= 0.6 is 0 Å². The molecule has 0 aliphatic rings. The van der Waals surface area contributed by atoms with Gasteiger partial charge in [-0.3, -0.25) is 4.79 Å². The highest BCUT2D eigenvalue weighted by molar-refractivity contribution is 5.95. The van der Waals surface area contributed by atoms with Gasteiger partial charge in [0, 0.05) is 28.2 Å². The number of carbonyl (C=O) groups excluding carboxylic acids is 2. The average molecular weight is 419 g/mol. The third-order valence-electron chi connectivity index (χ3n) is 5.03. The van der Waals surface area contributed by atoms with Gasteiger partial charge in [0.05, 0.1) is 26.0 Å². The van der Waals surface area contributed by atoms with E-state index in [0.717, 1.165) is 28.2 Å². The molecule has 1 amide bonds. The van der Waals surface area contributed by atoms with E-state index in [1.54, 1.807) is 43.7 Å². The molecule has 160 valence electrons. The first-order valence-corrected chi connectivity index (χ1v) is 9.71.